The van der Waals surface area contributed by atoms with Crippen LogP contribution in [-0.4, -0.2) is 30.0 Å². The van der Waals surface area contributed by atoms with Crippen LogP contribution in [0.3, 0.4) is 0 Å². The van der Waals surface area contributed by atoms with E-state index in [2.05, 4.69) is 20.8 Å². The van der Waals surface area contributed by atoms with Crippen LogP contribution in [-0.2, 0) is 15.0 Å². The smallest absolute Gasteiger partial charge is 0.300 e. The average molecular weight is 534 g/mol. The molecule has 3 aromatic carbocycles. The molecule has 3 aromatic rings. The van der Waals surface area contributed by atoms with Gasteiger partial charge in [0.25, 0.3) is 11.7 Å². The van der Waals surface area contributed by atoms with E-state index in [1.165, 1.54) is 4.90 Å². The van der Waals surface area contributed by atoms with Gasteiger partial charge in [0.2, 0.25) is 0 Å². The van der Waals surface area contributed by atoms with Gasteiger partial charge < -0.3 is 14.6 Å². The number of hydrogen-bond acceptors (Lipinski definition) is 5. The highest BCUT2D eigenvalue weighted by atomic mass is 35.5. The number of ketones is 1. The van der Waals surface area contributed by atoms with Crippen molar-refractivity contribution in [2.45, 2.75) is 46.1 Å². The molecule has 0 radical (unpaired) electrons. The number of amides is 1. The van der Waals surface area contributed by atoms with E-state index < -0.39 is 17.7 Å². The zero-order chi connectivity index (χ0) is 27.6. The van der Waals surface area contributed by atoms with E-state index in [1.54, 1.807) is 42.5 Å². The summed E-state index contributed by atoms with van der Waals surface area (Å²) in [4.78, 5) is 28.4. The number of carbonyl (C=O) groups is 2. The molecular formula is C31H32ClNO5. The standard InChI is InChI=1S/C31H32ClNO5/c1-6-37-22-14-12-21(13-15-22)33-27(19-8-10-20(11-9-19)31(3,4)5)26(29(35)30(33)36)28(34)24-18-23(38-7-2)16-17-25(24)32/h8-18,27,34H,6-7H2,1-5H3/b28-26+. The van der Waals surface area contributed by atoms with Gasteiger partial charge in [-0.3, -0.25) is 14.5 Å². The maximum Gasteiger partial charge on any atom is 0.300 e. The molecule has 1 heterocycles. The van der Waals surface area contributed by atoms with Crippen molar-refractivity contribution >= 4 is 34.7 Å². The first-order valence-corrected chi connectivity index (χ1v) is 13.0. The number of rotatable bonds is 7. The van der Waals surface area contributed by atoms with Gasteiger partial charge in [-0.1, -0.05) is 56.6 Å². The van der Waals surface area contributed by atoms with E-state index in [-0.39, 0.29) is 27.3 Å². The third kappa shape index (κ3) is 5.27. The predicted molar refractivity (Wildman–Crippen MR) is 150 cm³/mol. The van der Waals surface area contributed by atoms with Crippen LogP contribution in [0.4, 0.5) is 5.69 Å². The normalized spacial score (nSPS) is 17.1. The van der Waals surface area contributed by atoms with E-state index in [1.807, 2.05) is 38.1 Å². The Morgan fingerprint density at radius 3 is 2.05 bits per heavy atom. The van der Waals surface area contributed by atoms with Crippen molar-refractivity contribution in [2.75, 3.05) is 18.1 Å². The Labute approximate surface area is 228 Å². The lowest BCUT2D eigenvalue weighted by atomic mass is 9.85. The Balaban J connectivity index is 1.91. The molecule has 1 unspecified atom stereocenters. The topological polar surface area (TPSA) is 76.1 Å². The lowest BCUT2D eigenvalue weighted by Gasteiger charge is -2.27. The Morgan fingerprint density at radius 2 is 1.47 bits per heavy atom. The first-order valence-electron chi connectivity index (χ1n) is 12.6. The molecule has 7 heteroatoms. The molecule has 198 valence electrons. The third-order valence-electron chi connectivity index (χ3n) is 6.47. The predicted octanol–water partition coefficient (Wildman–Crippen LogP) is 7.06. The molecule has 0 aliphatic carbocycles. The molecule has 0 saturated carbocycles. The summed E-state index contributed by atoms with van der Waals surface area (Å²) in [7, 11) is 0. The quantitative estimate of drug-likeness (QED) is 0.200. The Morgan fingerprint density at radius 1 is 0.895 bits per heavy atom. The van der Waals surface area contributed by atoms with Crippen molar-refractivity contribution in [3.8, 4) is 11.5 Å². The van der Waals surface area contributed by atoms with Gasteiger partial charge >= 0.3 is 0 Å². The highest BCUT2D eigenvalue weighted by molar-refractivity contribution is 6.52. The summed E-state index contributed by atoms with van der Waals surface area (Å²) >= 11 is 6.45. The minimum atomic E-state index is -0.867. The molecule has 1 atom stereocenters. The number of benzene rings is 3. The summed E-state index contributed by atoms with van der Waals surface area (Å²) in [6.45, 7) is 11.0. The minimum Gasteiger partial charge on any atom is -0.507 e. The number of Topliss-reactive ketones (excluding diaryl/α,β-unsaturated/α-hetero) is 1. The fourth-order valence-electron chi connectivity index (χ4n) is 4.54. The molecule has 1 N–H and O–H groups in total. The molecule has 6 nitrogen and oxygen atoms in total. The van der Waals surface area contributed by atoms with Crippen molar-refractivity contribution in [2.24, 2.45) is 0 Å². The van der Waals surface area contributed by atoms with Crippen molar-refractivity contribution in [3.63, 3.8) is 0 Å². The number of anilines is 1. The number of nitrogens with zero attached hydrogens (tertiary/aromatic N) is 1. The fourth-order valence-corrected chi connectivity index (χ4v) is 4.74. The zero-order valence-corrected chi connectivity index (χ0v) is 23.0. The molecule has 38 heavy (non-hydrogen) atoms. The third-order valence-corrected chi connectivity index (χ3v) is 6.80. The van der Waals surface area contributed by atoms with Crippen molar-refractivity contribution in [1.82, 2.24) is 0 Å². The number of hydrogen-bond donors (Lipinski definition) is 1. The number of halogens is 1. The summed E-state index contributed by atoms with van der Waals surface area (Å²) in [6, 6.07) is 18.7. The highest BCUT2D eigenvalue weighted by Gasteiger charge is 2.47. The highest BCUT2D eigenvalue weighted by Crippen LogP contribution is 2.44. The van der Waals surface area contributed by atoms with Crippen LogP contribution in [0.1, 0.15) is 57.4 Å². The molecule has 1 aliphatic rings. The lowest BCUT2D eigenvalue weighted by molar-refractivity contribution is -0.132. The average Bonchev–Trinajstić information content (AvgIpc) is 3.15. The zero-order valence-electron chi connectivity index (χ0n) is 22.2. The Kier molecular flexibility index (Phi) is 7.83. The van der Waals surface area contributed by atoms with Crippen LogP contribution < -0.4 is 14.4 Å². The van der Waals surface area contributed by atoms with E-state index in [4.69, 9.17) is 21.1 Å². The number of carbonyl (C=O) groups excluding carboxylic acids is 2. The van der Waals surface area contributed by atoms with Gasteiger partial charge in [-0.25, -0.2) is 0 Å². The molecule has 0 spiro atoms. The molecule has 1 saturated heterocycles. The second kappa shape index (κ2) is 10.9. The minimum absolute atomic E-state index is 0.0389. The summed E-state index contributed by atoms with van der Waals surface area (Å²) < 4.78 is 11.1. The van der Waals surface area contributed by atoms with Gasteiger partial charge in [-0.2, -0.15) is 0 Å². The van der Waals surface area contributed by atoms with Gasteiger partial charge in [0.15, 0.2) is 0 Å². The molecule has 1 fully saturated rings. The maximum atomic E-state index is 13.5. The van der Waals surface area contributed by atoms with Crippen LogP contribution in [0, 0.1) is 0 Å². The molecular weight excluding hydrogens is 502 g/mol. The monoisotopic (exact) mass is 533 g/mol. The number of aliphatic hydroxyl groups is 1. The van der Waals surface area contributed by atoms with E-state index >= 15 is 0 Å². The summed E-state index contributed by atoms with van der Waals surface area (Å²) in [5.74, 6) is -0.742. The number of ether oxygens (including phenoxy) is 2. The molecule has 0 bridgehead atoms. The lowest BCUT2D eigenvalue weighted by Crippen LogP contribution is -2.29. The van der Waals surface area contributed by atoms with Gasteiger partial charge in [-0.05, 0) is 72.9 Å². The Hall–Kier alpha value is -3.77. The fraction of sp³-hybridized carbons (Fsp3) is 0.290. The SMILES string of the molecule is CCOc1ccc(N2C(=O)C(=O)/C(=C(/O)c3cc(OCC)ccc3Cl)C2c2ccc(C(C)(C)C)cc2)cc1. The van der Waals surface area contributed by atoms with Crippen molar-refractivity contribution in [3.05, 3.63) is 94.0 Å². The van der Waals surface area contributed by atoms with E-state index in [9.17, 15) is 14.7 Å². The van der Waals surface area contributed by atoms with Gasteiger partial charge in [-0.15, -0.1) is 0 Å². The largest absolute Gasteiger partial charge is 0.507 e. The number of aliphatic hydroxyl groups excluding tert-OH is 1. The molecule has 0 aromatic heterocycles. The Bertz CT molecular complexity index is 1370. The van der Waals surface area contributed by atoms with Crippen molar-refractivity contribution in [1.29, 1.82) is 0 Å². The van der Waals surface area contributed by atoms with Crippen LogP contribution in [0.15, 0.2) is 72.3 Å². The second-order valence-electron chi connectivity index (χ2n) is 10.0. The maximum absolute atomic E-state index is 13.5. The molecule has 4 rings (SSSR count). The van der Waals surface area contributed by atoms with E-state index in [0.717, 1.165) is 5.56 Å². The molecule has 1 amide bonds. The van der Waals surface area contributed by atoms with Crippen molar-refractivity contribution < 1.29 is 24.2 Å². The first kappa shape index (κ1) is 27.3. The van der Waals surface area contributed by atoms with Gasteiger partial charge in [0.05, 0.1) is 29.9 Å². The van der Waals surface area contributed by atoms with Gasteiger partial charge in [0, 0.05) is 11.3 Å². The van der Waals surface area contributed by atoms with Crippen LogP contribution >= 0.6 is 11.6 Å². The van der Waals surface area contributed by atoms with Crippen LogP contribution in [0.25, 0.3) is 5.76 Å². The van der Waals surface area contributed by atoms with Crippen LogP contribution in [0.5, 0.6) is 11.5 Å². The van der Waals surface area contributed by atoms with Crippen LogP contribution in [0.2, 0.25) is 5.02 Å². The molecule has 1 aliphatic heterocycles. The summed E-state index contributed by atoms with van der Waals surface area (Å²) in [5.41, 5.74) is 2.40. The van der Waals surface area contributed by atoms with E-state index in [0.29, 0.717) is 36.0 Å². The second-order valence-corrected chi connectivity index (χ2v) is 10.4. The van der Waals surface area contributed by atoms with Gasteiger partial charge in [0.1, 0.15) is 17.3 Å². The summed E-state index contributed by atoms with van der Waals surface area (Å²) in [6.07, 6.45) is 0. The summed E-state index contributed by atoms with van der Waals surface area (Å²) in [5, 5.41) is 11.7. The first-order chi connectivity index (χ1) is 18.1.